The second-order valence-electron chi connectivity index (χ2n) is 4.55. The Kier molecular flexibility index (Phi) is 5.09. The summed E-state index contributed by atoms with van der Waals surface area (Å²) in [6, 6.07) is 0. The summed E-state index contributed by atoms with van der Waals surface area (Å²) in [7, 11) is -1.87. The number of aromatic amines is 1. The Balaban J connectivity index is 2.16. The minimum absolute atomic E-state index is 0.191. The van der Waals surface area contributed by atoms with Crippen LogP contribution >= 0.6 is 11.3 Å². The zero-order chi connectivity index (χ0) is 15.5. The Hall–Kier alpha value is -1.29. The minimum Gasteiger partial charge on any atom is -0.314 e. The number of aromatic nitrogens is 3. The number of sulfonamides is 1. The van der Waals surface area contributed by atoms with Gasteiger partial charge in [-0.1, -0.05) is 6.92 Å². The lowest BCUT2D eigenvalue weighted by molar-refractivity contribution is 0.578. The largest absolute Gasteiger partial charge is 0.314 e. The molecule has 0 atom stereocenters. The van der Waals surface area contributed by atoms with Crippen LogP contribution in [-0.4, -0.2) is 30.6 Å². The normalized spacial score (nSPS) is 12.0. The van der Waals surface area contributed by atoms with Crippen LogP contribution in [0.15, 0.2) is 11.1 Å². The van der Waals surface area contributed by atoms with E-state index >= 15 is 0 Å². The number of H-pyrrole nitrogens is 1. The fourth-order valence-electron chi connectivity index (χ4n) is 1.94. The lowest BCUT2D eigenvalue weighted by atomic mass is 10.4. The number of thiazole rings is 1. The van der Waals surface area contributed by atoms with E-state index in [2.05, 4.69) is 25.2 Å². The van der Waals surface area contributed by atoms with E-state index in [1.807, 2.05) is 6.92 Å². The second-order valence-corrected chi connectivity index (χ2v) is 7.46. The van der Waals surface area contributed by atoms with Gasteiger partial charge in [-0.05, 0) is 20.4 Å². The molecule has 21 heavy (non-hydrogen) atoms. The molecule has 0 saturated heterocycles. The third kappa shape index (κ3) is 3.67. The van der Waals surface area contributed by atoms with Crippen LogP contribution in [0.5, 0.6) is 0 Å². The Labute approximate surface area is 128 Å². The Morgan fingerprint density at radius 3 is 2.76 bits per heavy atom. The molecule has 2 heterocycles. The van der Waals surface area contributed by atoms with E-state index in [0.717, 1.165) is 16.3 Å². The molecule has 3 N–H and O–H groups in total. The molecule has 0 aliphatic carbocycles. The van der Waals surface area contributed by atoms with E-state index in [1.54, 1.807) is 20.2 Å². The molecular weight excluding hydrogens is 310 g/mol. The summed E-state index contributed by atoms with van der Waals surface area (Å²) in [5.41, 5.74) is 1.01. The van der Waals surface area contributed by atoms with E-state index < -0.39 is 10.0 Å². The highest BCUT2D eigenvalue weighted by Crippen LogP contribution is 2.19. The van der Waals surface area contributed by atoms with Crippen molar-refractivity contribution in [1.82, 2.24) is 25.2 Å². The van der Waals surface area contributed by atoms with Gasteiger partial charge in [-0.15, -0.1) is 11.3 Å². The summed E-state index contributed by atoms with van der Waals surface area (Å²) in [6.07, 6.45) is 2.68. The molecule has 0 bridgehead atoms. The second kappa shape index (κ2) is 6.65. The van der Waals surface area contributed by atoms with Gasteiger partial charge in [0, 0.05) is 17.6 Å². The van der Waals surface area contributed by atoms with Crippen molar-refractivity contribution in [2.75, 3.05) is 7.05 Å². The van der Waals surface area contributed by atoms with Gasteiger partial charge >= 0.3 is 0 Å². The highest BCUT2D eigenvalue weighted by molar-refractivity contribution is 7.89. The van der Waals surface area contributed by atoms with E-state index in [9.17, 15) is 8.42 Å². The van der Waals surface area contributed by atoms with Gasteiger partial charge in [0.2, 0.25) is 10.0 Å². The quantitative estimate of drug-likeness (QED) is 0.702. The molecule has 0 saturated carbocycles. The molecule has 9 heteroatoms. The smallest absolute Gasteiger partial charge is 0.244 e. The van der Waals surface area contributed by atoms with E-state index in [1.165, 1.54) is 11.3 Å². The molecule has 2 aromatic heterocycles. The summed E-state index contributed by atoms with van der Waals surface area (Å²) in [4.78, 5) is 5.56. The van der Waals surface area contributed by atoms with Gasteiger partial charge in [0.1, 0.15) is 9.90 Å². The molecule has 0 fully saturated rings. The fraction of sp³-hybridized carbons (Fsp3) is 0.500. The highest BCUT2D eigenvalue weighted by Gasteiger charge is 2.24. The van der Waals surface area contributed by atoms with Crippen LogP contribution in [0.1, 0.15) is 28.2 Å². The Bertz CT molecular complexity index is 705. The van der Waals surface area contributed by atoms with Crippen LogP contribution in [0.3, 0.4) is 0 Å². The van der Waals surface area contributed by atoms with Crippen molar-refractivity contribution >= 4 is 21.4 Å². The molecule has 7 nitrogen and oxygen atoms in total. The molecule has 0 spiro atoms. The van der Waals surface area contributed by atoms with E-state index in [4.69, 9.17) is 0 Å². The maximum Gasteiger partial charge on any atom is 0.244 e. The zero-order valence-corrected chi connectivity index (χ0v) is 13.9. The van der Waals surface area contributed by atoms with Gasteiger partial charge in [-0.25, -0.2) is 18.1 Å². The third-order valence-corrected chi connectivity index (χ3v) is 5.68. The Morgan fingerprint density at radius 1 is 1.38 bits per heavy atom. The summed E-state index contributed by atoms with van der Waals surface area (Å²) in [6.45, 7) is 4.31. The molecule has 0 amide bonds. The number of nitrogens with one attached hydrogen (secondary N) is 3. The molecule has 2 aromatic rings. The monoisotopic (exact) mass is 329 g/mol. The first-order valence-corrected chi connectivity index (χ1v) is 8.89. The predicted molar refractivity (Wildman–Crippen MR) is 81.6 cm³/mol. The SMILES string of the molecule is CCc1cnc(CNS(=O)(=O)c2c(CNC)n[nH]c2C)s1. The molecule has 0 aromatic carbocycles. The molecule has 2 rings (SSSR count). The summed E-state index contributed by atoms with van der Waals surface area (Å²) in [5.74, 6) is 0. The lowest BCUT2D eigenvalue weighted by Crippen LogP contribution is -2.25. The van der Waals surface area contributed by atoms with Crippen molar-refractivity contribution in [2.24, 2.45) is 0 Å². The number of hydrogen-bond acceptors (Lipinski definition) is 6. The number of aryl methyl sites for hydroxylation is 2. The van der Waals surface area contributed by atoms with Gasteiger partial charge in [-0.2, -0.15) is 5.10 Å². The summed E-state index contributed by atoms with van der Waals surface area (Å²) < 4.78 is 27.5. The van der Waals surface area contributed by atoms with Gasteiger partial charge < -0.3 is 5.32 Å². The first-order chi connectivity index (χ1) is 9.97. The van der Waals surface area contributed by atoms with E-state index in [-0.39, 0.29) is 11.4 Å². The number of rotatable bonds is 7. The van der Waals surface area contributed by atoms with Crippen molar-refractivity contribution in [2.45, 2.75) is 38.3 Å². The van der Waals surface area contributed by atoms with Crippen LogP contribution in [0, 0.1) is 6.92 Å². The standard InChI is InChI=1S/C12H19N5O2S2/c1-4-9-5-14-11(20-9)7-15-21(18,19)12-8(2)16-17-10(12)6-13-3/h5,13,15H,4,6-7H2,1-3H3,(H,16,17). The average molecular weight is 329 g/mol. The molecule has 0 radical (unpaired) electrons. The highest BCUT2D eigenvalue weighted by atomic mass is 32.2. The van der Waals surface area contributed by atoms with Gasteiger partial charge in [-0.3, -0.25) is 5.10 Å². The average Bonchev–Trinajstić information content (AvgIpc) is 3.04. The predicted octanol–water partition coefficient (Wildman–Crippen LogP) is 0.935. The molecule has 116 valence electrons. The minimum atomic E-state index is -3.61. The topological polar surface area (TPSA) is 99.8 Å². The molecule has 0 unspecified atom stereocenters. The van der Waals surface area contributed by atoms with Crippen LogP contribution in [0.4, 0.5) is 0 Å². The van der Waals surface area contributed by atoms with Crippen molar-refractivity contribution in [3.05, 3.63) is 27.5 Å². The van der Waals surface area contributed by atoms with Crippen LogP contribution < -0.4 is 10.0 Å². The Morgan fingerprint density at radius 2 is 2.14 bits per heavy atom. The maximum atomic E-state index is 12.4. The number of nitrogens with zero attached hydrogens (tertiary/aromatic N) is 2. The van der Waals surface area contributed by atoms with E-state index in [0.29, 0.717) is 17.9 Å². The fourth-order valence-corrected chi connectivity index (χ4v) is 4.18. The first kappa shape index (κ1) is 16.1. The van der Waals surface area contributed by atoms with Gasteiger partial charge in [0.25, 0.3) is 0 Å². The van der Waals surface area contributed by atoms with Gasteiger partial charge in [0.15, 0.2) is 0 Å². The molecular formula is C12H19N5O2S2. The van der Waals surface area contributed by atoms with Crippen molar-refractivity contribution in [3.8, 4) is 0 Å². The summed E-state index contributed by atoms with van der Waals surface area (Å²) in [5, 5.41) is 10.4. The third-order valence-electron chi connectivity index (χ3n) is 2.94. The first-order valence-electron chi connectivity index (χ1n) is 6.59. The van der Waals surface area contributed by atoms with Gasteiger partial charge in [0.05, 0.1) is 17.9 Å². The van der Waals surface area contributed by atoms with Crippen molar-refractivity contribution < 1.29 is 8.42 Å². The van der Waals surface area contributed by atoms with Crippen LogP contribution in [0.2, 0.25) is 0 Å². The van der Waals surface area contributed by atoms with Crippen molar-refractivity contribution in [1.29, 1.82) is 0 Å². The lowest BCUT2D eigenvalue weighted by Gasteiger charge is -2.06. The van der Waals surface area contributed by atoms with Crippen molar-refractivity contribution in [3.63, 3.8) is 0 Å². The van der Waals surface area contributed by atoms with Crippen LogP contribution in [0.25, 0.3) is 0 Å². The van der Waals surface area contributed by atoms with Crippen LogP contribution in [-0.2, 0) is 29.5 Å². The maximum absolute atomic E-state index is 12.4. The zero-order valence-electron chi connectivity index (χ0n) is 12.2. The summed E-state index contributed by atoms with van der Waals surface area (Å²) >= 11 is 1.52. The molecule has 0 aliphatic heterocycles. The number of hydrogen-bond donors (Lipinski definition) is 3. The molecule has 0 aliphatic rings.